The normalized spacial score (nSPS) is 10.8. The van der Waals surface area contributed by atoms with Crippen molar-refractivity contribution in [2.45, 2.75) is 26.9 Å². The maximum Gasteiger partial charge on any atom is 0.332 e. The van der Waals surface area contributed by atoms with Crippen LogP contribution in [0.1, 0.15) is 22.3 Å². The molecule has 0 atom stereocenters. The van der Waals surface area contributed by atoms with Gasteiger partial charge in [-0.1, -0.05) is 53.1 Å². The van der Waals surface area contributed by atoms with E-state index in [2.05, 4.69) is 11.4 Å². The second-order valence-electron chi connectivity index (χ2n) is 6.77. The van der Waals surface area contributed by atoms with Gasteiger partial charge in [0.1, 0.15) is 5.82 Å². The average Bonchev–Trinajstić information content (AvgIpc) is 2.61. The Bertz CT molecular complexity index is 1060. The summed E-state index contributed by atoms with van der Waals surface area (Å²) in [5, 5.41) is 3.88. The van der Waals surface area contributed by atoms with Crippen LogP contribution in [0.4, 0.5) is 5.82 Å². The van der Waals surface area contributed by atoms with Gasteiger partial charge in [0.05, 0.1) is 6.54 Å². The van der Waals surface area contributed by atoms with Crippen molar-refractivity contribution in [1.82, 2.24) is 9.13 Å². The van der Waals surface area contributed by atoms with Gasteiger partial charge < -0.3 is 5.32 Å². The number of hydrogen-bond acceptors (Lipinski definition) is 3. The minimum Gasteiger partial charge on any atom is -0.367 e. The Hall–Kier alpha value is -2.79. The van der Waals surface area contributed by atoms with E-state index in [4.69, 9.17) is 11.6 Å². The molecular formula is C21H22ClN3O2. The van der Waals surface area contributed by atoms with E-state index >= 15 is 0 Å². The van der Waals surface area contributed by atoms with Crippen LogP contribution in [0.25, 0.3) is 0 Å². The molecule has 27 heavy (non-hydrogen) atoms. The van der Waals surface area contributed by atoms with Crippen LogP contribution in [0.15, 0.2) is 58.1 Å². The van der Waals surface area contributed by atoms with E-state index in [1.165, 1.54) is 13.1 Å². The third kappa shape index (κ3) is 4.49. The summed E-state index contributed by atoms with van der Waals surface area (Å²) in [4.78, 5) is 24.8. The number of aromatic nitrogens is 2. The van der Waals surface area contributed by atoms with Crippen molar-refractivity contribution in [1.29, 1.82) is 0 Å². The summed E-state index contributed by atoms with van der Waals surface area (Å²) >= 11 is 5.92. The van der Waals surface area contributed by atoms with E-state index in [-0.39, 0.29) is 11.2 Å². The molecule has 0 aliphatic carbocycles. The lowest BCUT2D eigenvalue weighted by molar-refractivity contribution is 0.649. The number of anilines is 1. The smallest absolute Gasteiger partial charge is 0.332 e. The van der Waals surface area contributed by atoms with Crippen molar-refractivity contribution in [3.8, 4) is 0 Å². The van der Waals surface area contributed by atoms with Gasteiger partial charge in [0.2, 0.25) is 0 Å². The predicted octanol–water partition coefficient (Wildman–Crippen LogP) is 3.48. The number of rotatable bonds is 5. The van der Waals surface area contributed by atoms with Gasteiger partial charge in [0.15, 0.2) is 0 Å². The first-order valence-corrected chi connectivity index (χ1v) is 9.07. The van der Waals surface area contributed by atoms with E-state index in [0.29, 0.717) is 23.9 Å². The van der Waals surface area contributed by atoms with Crippen molar-refractivity contribution in [2.75, 3.05) is 5.32 Å². The highest BCUT2D eigenvalue weighted by Gasteiger charge is 2.10. The molecule has 6 heteroatoms. The maximum absolute atomic E-state index is 12.7. The quantitative estimate of drug-likeness (QED) is 0.733. The van der Waals surface area contributed by atoms with E-state index in [0.717, 1.165) is 26.8 Å². The molecule has 0 amide bonds. The molecule has 0 aliphatic heterocycles. The monoisotopic (exact) mass is 383 g/mol. The van der Waals surface area contributed by atoms with Gasteiger partial charge in [-0.25, -0.2) is 4.79 Å². The van der Waals surface area contributed by atoms with Crippen LogP contribution in [0.5, 0.6) is 0 Å². The summed E-state index contributed by atoms with van der Waals surface area (Å²) in [5.41, 5.74) is 3.61. The Morgan fingerprint density at radius 2 is 1.56 bits per heavy atom. The van der Waals surface area contributed by atoms with Crippen LogP contribution >= 0.6 is 11.6 Å². The fourth-order valence-corrected chi connectivity index (χ4v) is 3.23. The van der Waals surface area contributed by atoms with Gasteiger partial charge in [-0.3, -0.25) is 13.9 Å². The summed E-state index contributed by atoms with van der Waals surface area (Å²) < 4.78 is 2.71. The molecular weight excluding hydrogens is 362 g/mol. The highest BCUT2D eigenvalue weighted by Crippen LogP contribution is 2.14. The fourth-order valence-electron chi connectivity index (χ4n) is 3.11. The Kier molecular flexibility index (Phi) is 5.51. The molecule has 0 bridgehead atoms. The molecule has 1 N–H and O–H groups in total. The van der Waals surface area contributed by atoms with Gasteiger partial charge in [0.25, 0.3) is 5.56 Å². The first-order chi connectivity index (χ1) is 12.8. The highest BCUT2D eigenvalue weighted by molar-refractivity contribution is 6.30. The molecule has 5 nitrogen and oxygen atoms in total. The molecule has 0 radical (unpaired) electrons. The van der Waals surface area contributed by atoms with Crippen LogP contribution < -0.4 is 16.6 Å². The summed E-state index contributed by atoms with van der Waals surface area (Å²) in [5.74, 6) is 0.497. The Morgan fingerprint density at radius 3 is 2.19 bits per heavy atom. The van der Waals surface area contributed by atoms with E-state index < -0.39 is 0 Å². The molecule has 0 unspecified atom stereocenters. The Balaban J connectivity index is 1.96. The summed E-state index contributed by atoms with van der Waals surface area (Å²) in [6.45, 7) is 4.93. The topological polar surface area (TPSA) is 56.0 Å². The van der Waals surface area contributed by atoms with Crippen LogP contribution in [-0.2, 0) is 20.1 Å². The number of nitrogens with zero attached hydrogens (tertiary/aromatic N) is 2. The van der Waals surface area contributed by atoms with Crippen molar-refractivity contribution >= 4 is 17.4 Å². The van der Waals surface area contributed by atoms with Gasteiger partial charge in [0, 0.05) is 24.7 Å². The fraction of sp³-hybridized carbons (Fsp3) is 0.238. The van der Waals surface area contributed by atoms with Crippen molar-refractivity contribution < 1.29 is 0 Å². The maximum atomic E-state index is 12.7. The highest BCUT2D eigenvalue weighted by atomic mass is 35.5. The molecule has 2 aromatic carbocycles. The van der Waals surface area contributed by atoms with Crippen LogP contribution in [0.2, 0.25) is 5.02 Å². The molecule has 140 valence electrons. The Labute approximate surface area is 162 Å². The van der Waals surface area contributed by atoms with Gasteiger partial charge in [-0.15, -0.1) is 0 Å². The zero-order chi connectivity index (χ0) is 19.6. The zero-order valence-electron chi connectivity index (χ0n) is 15.6. The number of benzene rings is 2. The molecule has 1 aromatic heterocycles. The first-order valence-electron chi connectivity index (χ1n) is 8.70. The van der Waals surface area contributed by atoms with Crippen molar-refractivity contribution in [2.24, 2.45) is 7.05 Å². The summed E-state index contributed by atoms with van der Waals surface area (Å²) in [6.07, 6.45) is 0. The van der Waals surface area contributed by atoms with E-state index in [1.807, 2.05) is 50.2 Å². The molecule has 0 spiro atoms. The SMILES string of the molecule is Cc1cc(C)cc(Cn2c(NCc3ccc(Cl)cc3)cc(=O)n(C)c2=O)c1. The van der Waals surface area contributed by atoms with Crippen LogP contribution in [-0.4, -0.2) is 9.13 Å². The first kappa shape index (κ1) is 19.0. The number of halogens is 1. The third-order valence-corrected chi connectivity index (χ3v) is 4.66. The lowest BCUT2D eigenvalue weighted by atomic mass is 10.1. The average molecular weight is 384 g/mol. The lowest BCUT2D eigenvalue weighted by Gasteiger charge is -2.16. The summed E-state index contributed by atoms with van der Waals surface area (Å²) in [7, 11) is 1.49. The molecule has 0 aliphatic rings. The lowest BCUT2D eigenvalue weighted by Crippen LogP contribution is -2.39. The number of hydrogen-bond donors (Lipinski definition) is 1. The van der Waals surface area contributed by atoms with E-state index in [9.17, 15) is 9.59 Å². The molecule has 3 aromatic rings. The largest absolute Gasteiger partial charge is 0.367 e. The molecule has 0 fully saturated rings. The van der Waals surface area contributed by atoms with Crippen LogP contribution in [0, 0.1) is 13.8 Å². The number of nitrogens with one attached hydrogen (secondary N) is 1. The van der Waals surface area contributed by atoms with E-state index in [1.54, 1.807) is 4.57 Å². The molecule has 0 saturated carbocycles. The van der Waals surface area contributed by atoms with Gasteiger partial charge in [-0.2, -0.15) is 0 Å². The minimum absolute atomic E-state index is 0.338. The van der Waals surface area contributed by atoms with Gasteiger partial charge in [-0.05, 0) is 37.1 Å². The second-order valence-corrected chi connectivity index (χ2v) is 7.21. The van der Waals surface area contributed by atoms with Crippen molar-refractivity contribution in [3.63, 3.8) is 0 Å². The van der Waals surface area contributed by atoms with Crippen LogP contribution in [0.3, 0.4) is 0 Å². The molecule has 1 heterocycles. The van der Waals surface area contributed by atoms with Crippen molar-refractivity contribution in [3.05, 3.63) is 96.6 Å². The third-order valence-electron chi connectivity index (χ3n) is 4.41. The molecule has 3 rings (SSSR count). The minimum atomic E-state index is -0.347. The standard InChI is InChI=1S/C21H22ClN3O2/c1-14-8-15(2)10-17(9-14)13-25-19(11-20(26)24(3)21(25)27)23-12-16-4-6-18(22)7-5-16/h4-11,23H,12-13H2,1-3H3. The Morgan fingerprint density at radius 1 is 0.926 bits per heavy atom. The molecule has 0 saturated heterocycles. The zero-order valence-corrected chi connectivity index (χ0v) is 16.4. The predicted molar refractivity (Wildman–Crippen MR) is 110 cm³/mol. The second kappa shape index (κ2) is 7.84. The summed E-state index contributed by atoms with van der Waals surface area (Å²) in [6, 6.07) is 15.1. The van der Waals surface area contributed by atoms with Gasteiger partial charge >= 0.3 is 5.69 Å². The number of aryl methyl sites for hydroxylation is 2.